The highest BCUT2D eigenvalue weighted by atomic mass is 16.5. The fourth-order valence-electron chi connectivity index (χ4n) is 6.64. The predicted molar refractivity (Wildman–Crippen MR) is 107 cm³/mol. The largest absolute Gasteiger partial charge is 0.472 e. The van der Waals surface area contributed by atoms with Gasteiger partial charge in [-0.2, -0.15) is 0 Å². The second-order valence-electron chi connectivity index (χ2n) is 9.92. The lowest BCUT2D eigenvalue weighted by Crippen LogP contribution is -2.66. The zero-order valence-electron chi connectivity index (χ0n) is 18.3. The summed E-state index contributed by atoms with van der Waals surface area (Å²) >= 11 is 0. The van der Waals surface area contributed by atoms with Crippen LogP contribution in [0.3, 0.4) is 0 Å². The van der Waals surface area contributed by atoms with Gasteiger partial charge in [0, 0.05) is 11.5 Å². The van der Waals surface area contributed by atoms with Gasteiger partial charge in [-0.05, 0) is 56.7 Å². The molecular formula is C23H31NO6. The van der Waals surface area contributed by atoms with Crippen LogP contribution >= 0.6 is 0 Å². The molecule has 2 saturated carbocycles. The second kappa shape index (κ2) is 7.22. The highest BCUT2D eigenvalue weighted by Gasteiger charge is 2.67. The standard InChI is InChI=1S/C23H31NO6/c1-22-8-6-14-21(27)30-17(13-7-9-29-12-13)11-23(14,2)19(22)18(25)16(24(3)4)10-15(22)20(26)28-5/h7,9,12,14-17,19H,6,8,10-11H2,1-5H3/t14-,15-,16+,17-,19?,22-,23-/m0/s1. The third kappa shape index (κ3) is 2.93. The van der Waals surface area contributed by atoms with Gasteiger partial charge in [-0.3, -0.25) is 19.3 Å². The molecule has 0 bridgehead atoms. The molecule has 2 heterocycles. The van der Waals surface area contributed by atoms with Gasteiger partial charge in [0.25, 0.3) is 0 Å². The van der Waals surface area contributed by atoms with Crippen molar-refractivity contribution in [3.8, 4) is 0 Å². The van der Waals surface area contributed by atoms with Gasteiger partial charge in [-0.1, -0.05) is 13.8 Å². The van der Waals surface area contributed by atoms with E-state index in [1.807, 2.05) is 32.8 Å². The molecule has 1 unspecified atom stereocenters. The number of likely N-dealkylation sites (N-methyl/N-ethyl adjacent to an activating group) is 1. The summed E-state index contributed by atoms with van der Waals surface area (Å²) in [6, 6.07) is 1.42. The van der Waals surface area contributed by atoms with E-state index in [1.54, 1.807) is 18.6 Å². The summed E-state index contributed by atoms with van der Waals surface area (Å²) < 4.78 is 16.1. The van der Waals surface area contributed by atoms with Crippen molar-refractivity contribution in [3.05, 3.63) is 24.2 Å². The van der Waals surface area contributed by atoms with Crippen LogP contribution in [-0.2, 0) is 23.9 Å². The van der Waals surface area contributed by atoms with Crippen molar-refractivity contribution in [2.45, 2.75) is 51.7 Å². The van der Waals surface area contributed by atoms with Gasteiger partial charge >= 0.3 is 11.9 Å². The zero-order chi connectivity index (χ0) is 21.8. The highest BCUT2D eigenvalue weighted by Crippen LogP contribution is 2.65. The molecule has 0 amide bonds. The smallest absolute Gasteiger partial charge is 0.310 e. The van der Waals surface area contributed by atoms with Crippen LogP contribution in [0.15, 0.2) is 23.0 Å². The number of fused-ring (bicyclic) bond motifs is 3. The van der Waals surface area contributed by atoms with Crippen LogP contribution in [0.1, 0.15) is 51.2 Å². The Kier molecular flexibility index (Phi) is 5.08. The quantitative estimate of drug-likeness (QED) is 0.699. The average molecular weight is 418 g/mol. The molecular weight excluding hydrogens is 386 g/mol. The van der Waals surface area contributed by atoms with Gasteiger partial charge in [0.15, 0.2) is 5.78 Å². The van der Waals surface area contributed by atoms with Crippen LogP contribution in [0, 0.1) is 28.6 Å². The summed E-state index contributed by atoms with van der Waals surface area (Å²) in [6.45, 7) is 4.08. The minimum Gasteiger partial charge on any atom is -0.472 e. The topological polar surface area (TPSA) is 86.0 Å². The van der Waals surface area contributed by atoms with E-state index in [4.69, 9.17) is 13.9 Å². The van der Waals surface area contributed by atoms with Gasteiger partial charge in [-0.15, -0.1) is 0 Å². The first kappa shape index (κ1) is 21.1. The molecule has 0 spiro atoms. The molecule has 1 aromatic heterocycles. The molecule has 1 aliphatic heterocycles. The van der Waals surface area contributed by atoms with Gasteiger partial charge in [-0.25, -0.2) is 0 Å². The van der Waals surface area contributed by atoms with Crippen LogP contribution in [0.2, 0.25) is 0 Å². The molecule has 0 radical (unpaired) electrons. The van der Waals surface area contributed by atoms with Gasteiger partial charge in [0.05, 0.1) is 37.5 Å². The number of nitrogens with zero attached hydrogens (tertiary/aromatic N) is 1. The van der Waals surface area contributed by atoms with E-state index in [1.165, 1.54) is 7.11 Å². The minimum atomic E-state index is -0.609. The third-order valence-corrected chi connectivity index (χ3v) is 8.15. The minimum absolute atomic E-state index is 0.121. The lowest BCUT2D eigenvalue weighted by Gasteiger charge is -2.61. The monoisotopic (exact) mass is 417 g/mol. The molecule has 164 valence electrons. The Hall–Kier alpha value is -2.15. The highest BCUT2D eigenvalue weighted by molar-refractivity contribution is 5.92. The lowest BCUT2D eigenvalue weighted by atomic mass is 9.42. The first-order valence-electron chi connectivity index (χ1n) is 10.6. The Labute approximate surface area is 177 Å². The van der Waals surface area contributed by atoms with Crippen molar-refractivity contribution in [3.63, 3.8) is 0 Å². The van der Waals surface area contributed by atoms with E-state index < -0.39 is 22.9 Å². The van der Waals surface area contributed by atoms with Crippen LogP contribution in [0.25, 0.3) is 0 Å². The van der Waals surface area contributed by atoms with Crippen molar-refractivity contribution < 1.29 is 28.3 Å². The molecule has 7 heteroatoms. The molecule has 3 fully saturated rings. The number of Topliss-reactive ketones (excluding diaryl/α,β-unsaturated/α-hetero) is 1. The number of furan rings is 1. The maximum absolute atomic E-state index is 13.9. The maximum Gasteiger partial charge on any atom is 0.310 e. The summed E-state index contributed by atoms with van der Waals surface area (Å²) in [6.07, 6.45) is 4.90. The molecule has 1 saturated heterocycles. The van der Waals surface area contributed by atoms with Crippen LogP contribution in [0.4, 0.5) is 0 Å². The Balaban J connectivity index is 1.81. The molecule has 7 atom stereocenters. The van der Waals surface area contributed by atoms with Crippen molar-refractivity contribution >= 4 is 17.7 Å². The van der Waals surface area contributed by atoms with Crippen molar-refractivity contribution in [2.24, 2.45) is 28.6 Å². The fourth-order valence-corrected chi connectivity index (χ4v) is 6.64. The fraction of sp³-hybridized carbons (Fsp3) is 0.696. The maximum atomic E-state index is 13.9. The Morgan fingerprint density at radius 1 is 1.23 bits per heavy atom. The van der Waals surface area contributed by atoms with Crippen molar-refractivity contribution in [1.29, 1.82) is 0 Å². The second-order valence-corrected chi connectivity index (χ2v) is 9.92. The summed E-state index contributed by atoms with van der Waals surface area (Å²) in [5.41, 5.74) is -0.366. The zero-order valence-corrected chi connectivity index (χ0v) is 18.3. The van der Waals surface area contributed by atoms with Gasteiger partial charge in [0.1, 0.15) is 6.10 Å². The number of carbonyl (C=O) groups excluding carboxylic acids is 3. The van der Waals surface area contributed by atoms with Gasteiger partial charge < -0.3 is 13.9 Å². The van der Waals surface area contributed by atoms with Crippen molar-refractivity contribution in [2.75, 3.05) is 21.2 Å². The Morgan fingerprint density at radius 2 is 1.97 bits per heavy atom. The molecule has 30 heavy (non-hydrogen) atoms. The number of esters is 2. The van der Waals surface area contributed by atoms with E-state index >= 15 is 0 Å². The first-order valence-corrected chi connectivity index (χ1v) is 10.6. The third-order valence-electron chi connectivity index (χ3n) is 8.15. The number of rotatable bonds is 3. The lowest BCUT2D eigenvalue weighted by molar-refractivity contribution is -0.205. The average Bonchev–Trinajstić information content (AvgIpc) is 3.21. The summed E-state index contributed by atoms with van der Waals surface area (Å²) in [4.78, 5) is 41.6. The summed E-state index contributed by atoms with van der Waals surface area (Å²) in [5, 5.41) is 0. The Morgan fingerprint density at radius 3 is 2.57 bits per heavy atom. The molecule has 7 nitrogen and oxygen atoms in total. The number of cyclic esters (lactones) is 1. The first-order chi connectivity index (χ1) is 14.1. The summed E-state index contributed by atoms with van der Waals surface area (Å²) in [7, 11) is 5.14. The molecule has 4 rings (SSSR count). The number of methoxy groups -OCH3 is 1. The van der Waals surface area contributed by atoms with E-state index in [0.29, 0.717) is 25.7 Å². The van der Waals surface area contributed by atoms with Crippen LogP contribution < -0.4 is 0 Å². The van der Waals surface area contributed by atoms with Gasteiger partial charge in [0.2, 0.25) is 0 Å². The number of hydrogen-bond acceptors (Lipinski definition) is 7. The number of ketones is 1. The molecule has 0 N–H and O–H groups in total. The Bertz CT molecular complexity index is 848. The van der Waals surface area contributed by atoms with E-state index in [9.17, 15) is 14.4 Å². The SMILES string of the molecule is COC(=O)[C@@H]1C[C@@H](N(C)C)C(=O)C2[C@@]1(C)CC[C@H]1C(=O)O[C@H](c3ccoc3)C[C@]21C. The molecule has 3 aliphatic rings. The van der Waals surface area contributed by atoms with E-state index in [2.05, 4.69) is 0 Å². The molecule has 0 aromatic carbocycles. The van der Waals surface area contributed by atoms with E-state index in [0.717, 1.165) is 5.56 Å². The van der Waals surface area contributed by atoms with E-state index in [-0.39, 0.29) is 35.6 Å². The molecule has 2 aliphatic carbocycles. The van der Waals surface area contributed by atoms with Crippen LogP contribution in [0.5, 0.6) is 0 Å². The molecule has 1 aromatic rings. The number of hydrogen-bond donors (Lipinski definition) is 0. The number of ether oxygens (including phenoxy) is 2. The van der Waals surface area contributed by atoms with Crippen molar-refractivity contribution in [1.82, 2.24) is 4.90 Å². The summed E-state index contributed by atoms with van der Waals surface area (Å²) in [5.74, 6) is -1.59. The normalized spacial score (nSPS) is 41.1. The van der Waals surface area contributed by atoms with Crippen LogP contribution in [-0.4, -0.2) is 49.9 Å². The predicted octanol–water partition coefficient (Wildman–Crippen LogP) is 3.00. The number of carbonyl (C=O) groups is 3.